The number of rotatable bonds is 4. The van der Waals surface area contributed by atoms with E-state index in [4.69, 9.17) is 10.2 Å². The lowest BCUT2D eigenvalue weighted by molar-refractivity contribution is -0.115. The summed E-state index contributed by atoms with van der Waals surface area (Å²) in [5.41, 5.74) is 3.11. The summed E-state index contributed by atoms with van der Waals surface area (Å²) < 4.78 is 0. The molecule has 0 spiro atoms. The molecule has 1 atom stereocenters. The first-order chi connectivity index (χ1) is 14.1. The van der Waals surface area contributed by atoms with Gasteiger partial charge >= 0.3 is 0 Å². The van der Waals surface area contributed by atoms with Crippen LogP contribution in [0.3, 0.4) is 0 Å². The Morgan fingerprint density at radius 1 is 1.21 bits per heavy atom. The molecule has 2 heterocycles. The summed E-state index contributed by atoms with van der Waals surface area (Å²) in [7, 11) is 0. The average Bonchev–Trinajstić information content (AvgIpc) is 3.18. The topological polar surface area (TPSA) is 102 Å². The van der Waals surface area contributed by atoms with Crippen LogP contribution in [0.1, 0.15) is 41.4 Å². The van der Waals surface area contributed by atoms with Crippen molar-refractivity contribution in [1.82, 2.24) is 14.9 Å². The predicted octanol–water partition coefficient (Wildman–Crippen LogP) is 3.43. The Labute approximate surface area is 168 Å². The number of nitriles is 1. The fourth-order valence-electron chi connectivity index (χ4n) is 3.71. The molecule has 1 aromatic heterocycles. The number of anilines is 1. The number of amides is 2. The molecule has 2 N–H and O–H groups in total. The number of carbonyl (C=O) groups excluding carboxylic acids is 2. The number of carbonyl (C=O) groups is 2. The van der Waals surface area contributed by atoms with Crippen molar-refractivity contribution in [1.29, 1.82) is 5.26 Å². The van der Waals surface area contributed by atoms with Gasteiger partial charge in [0.25, 0.3) is 5.91 Å². The van der Waals surface area contributed by atoms with Crippen molar-refractivity contribution in [3.63, 3.8) is 0 Å². The molecule has 0 unspecified atom stereocenters. The second-order valence-corrected chi connectivity index (χ2v) is 7.19. The lowest BCUT2D eigenvalue weighted by atomic mass is 9.96. The Hall–Kier alpha value is -3.66. The highest BCUT2D eigenvalue weighted by Gasteiger charge is 2.27. The summed E-state index contributed by atoms with van der Waals surface area (Å²) in [6.45, 7) is 1.34. The number of aromatic amines is 1. The van der Waals surface area contributed by atoms with Gasteiger partial charge in [-0.05, 0) is 49.2 Å². The van der Waals surface area contributed by atoms with Crippen molar-refractivity contribution in [2.24, 2.45) is 0 Å². The highest BCUT2D eigenvalue weighted by atomic mass is 16.2. The normalized spacial score (nSPS) is 16.4. The monoisotopic (exact) mass is 387 g/mol. The number of piperidine rings is 1. The Kier molecular flexibility index (Phi) is 5.25. The minimum atomic E-state index is -0.365. The molecule has 146 valence electrons. The average molecular weight is 387 g/mol. The molecule has 2 amide bonds. The zero-order valence-corrected chi connectivity index (χ0v) is 15.9. The van der Waals surface area contributed by atoms with E-state index in [-0.39, 0.29) is 24.2 Å². The molecule has 1 fully saturated rings. The molecular weight excluding hydrogens is 366 g/mol. The minimum Gasteiger partial charge on any atom is -0.342 e. The lowest BCUT2D eigenvalue weighted by Gasteiger charge is -2.32. The number of hydrogen-bond donors (Lipinski definition) is 2. The van der Waals surface area contributed by atoms with E-state index in [1.54, 1.807) is 30.3 Å². The number of fused-ring (bicyclic) bond motifs is 1. The van der Waals surface area contributed by atoms with Gasteiger partial charge in [0.1, 0.15) is 12.2 Å². The molecule has 2 aromatic carbocycles. The summed E-state index contributed by atoms with van der Waals surface area (Å²) in [5.74, 6) is 0.723. The van der Waals surface area contributed by atoms with Crippen molar-refractivity contribution in [2.75, 3.05) is 18.4 Å². The number of benzene rings is 2. The van der Waals surface area contributed by atoms with Crippen LogP contribution in [-0.4, -0.2) is 39.8 Å². The molecule has 3 aromatic rings. The molecule has 0 bridgehead atoms. The SMILES string of the molecule is N#CCC(=O)Nc1ccc(C(=O)N2CCC[C@H](c3nc4ccccc4[nH]3)C2)cc1. The Morgan fingerprint density at radius 2 is 2.00 bits per heavy atom. The molecule has 1 aliphatic heterocycles. The quantitative estimate of drug-likeness (QED) is 0.716. The number of para-hydroxylation sites is 2. The Bertz CT molecular complexity index is 1050. The smallest absolute Gasteiger partial charge is 0.253 e. The van der Waals surface area contributed by atoms with E-state index in [2.05, 4.69) is 10.3 Å². The van der Waals surface area contributed by atoms with Gasteiger partial charge in [0.05, 0.1) is 17.1 Å². The van der Waals surface area contributed by atoms with Crippen LogP contribution in [0.4, 0.5) is 5.69 Å². The van der Waals surface area contributed by atoms with E-state index in [1.165, 1.54) is 0 Å². The molecule has 4 rings (SSSR count). The summed E-state index contributed by atoms with van der Waals surface area (Å²) in [6, 6.07) is 16.5. The number of aromatic nitrogens is 2. The van der Waals surface area contributed by atoms with E-state index < -0.39 is 0 Å². The summed E-state index contributed by atoms with van der Waals surface area (Å²) in [5, 5.41) is 11.2. The number of nitrogens with one attached hydrogen (secondary N) is 2. The molecule has 0 saturated carbocycles. The van der Waals surface area contributed by atoms with Crippen LogP contribution >= 0.6 is 0 Å². The number of likely N-dealkylation sites (tertiary alicyclic amines) is 1. The zero-order valence-electron chi connectivity index (χ0n) is 15.9. The van der Waals surface area contributed by atoms with Crippen molar-refractivity contribution in [2.45, 2.75) is 25.2 Å². The largest absolute Gasteiger partial charge is 0.342 e. The van der Waals surface area contributed by atoms with Crippen LogP contribution in [0, 0.1) is 11.3 Å². The highest BCUT2D eigenvalue weighted by Crippen LogP contribution is 2.27. The second-order valence-electron chi connectivity index (χ2n) is 7.19. The lowest BCUT2D eigenvalue weighted by Crippen LogP contribution is -2.39. The summed E-state index contributed by atoms with van der Waals surface area (Å²) in [4.78, 5) is 34.4. The van der Waals surface area contributed by atoms with Gasteiger partial charge in [0.15, 0.2) is 0 Å². The van der Waals surface area contributed by atoms with Gasteiger partial charge in [-0.1, -0.05) is 12.1 Å². The number of H-pyrrole nitrogens is 1. The highest BCUT2D eigenvalue weighted by molar-refractivity contribution is 5.96. The van der Waals surface area contributed by atoms with Crippen LogP contribution in [0.5, 0.6) is 0 Å². The first-order valence-electron chi connectivity index (χ1n) is 9.65. The third kappa shape index (κ3) is 4.11. The van der Waals surface area contributed by atoms with E-state index in [0.29, 0.717) is 17.8 Å². The molecule has 0 aliphatic carbocycles. The molecule has 1 saturated heterocycles. The van der Waals surface area contributed by atoms with E-state index in [1.807, 2.05) is 29.2 Å². The van der Waals surface area contributed by atoms with Crippen LogP contribution in [0.25, 0.3) is 11.0 Å². The predicted molar refractivity (Wildman–Crippen MR) is 109 cm³/mol. The maximum Gasteiger partial charge on any atom is 0.253 e. The van der Waals surface area contributed by atoms with E-state index in [0.717, 1.165) is 36.2 Å². The van der Waals surface area contributed by atoms with E-state index in [9.17, 15) is 9.59 Å². The van der Waals surface area contributed by atoms with Crippen molar-refractivity contribution in [3.05, 3.63) is 59.9 Å². The molecule has 29 heavy (non-hydrogen) atoms. The van der Waals surface area contributed by atoms with Crippen LogP contribution in [-0.2, 0) is 4.79 Å². The van der Waals surface area contributed by atoms with E-state index >= 15 is 0 Å². The molecular formula is C22H21N5O2. The first-order valence-corrected chi connectivity index (χ1v) is 9.65. The zero-order chi connectivity index (χ0) is 20.2. The van der Waals surface area contributed by atoms with Gasteiger partial charge in [0, 0.05) is 30.3 Å². The van der Waals surface area contributed by atoms with Crippen molar-refractivity contribution >= 4 is 28.5 Å². The van der Waals surface area contributed by atoms with Crippen molar-refractivity contribution in [3.8, 4) is 6.07 Å². The van der Waals surface area contributed by atoms with Gasteiger partial charge in [-0.3, -0.25) is 9.59 Å². The van der Waals surface area contributed by atoms with Gasteiger partial charge in [-0.25, -0.2) is 4.98 Å². The van der Waals surface area contributed by atoms with Gasteiger partial charge < -0.3 is 15.2 Å². The Morgan fingerprint density at radius 3 is 2.76 bits per heavy atom. The molecule has 7 heteroatoms. The van der Waals surface area contributed by atoms with Crippen LogP contribution < -0.4 is 5.32 Å². The number of imidazole rings is 1. The minimum absolute atomic E-state index is 0.0271. The third-order valence-electron chi connectivity index (χ3n) is 5.16. The first kappa shape index (κ1) is 18.7. The van der Waals surface area contributed by atoms with Gasteiger partial charge in [-0.15, -0.1) is 0 Å². The standard InChI is InChI=1S/C22H21N5O2/c23-12-11-20(28)24-17-9-7-15(8-10-17)22(29)27-13-3-4-16(14-27)21-25-18-5-1-2-6-19(18)26-21/h1-2,5-10,16H,3-4,11,13-14H2,(H,24,28)(H,25,26)/t16-/m0/s1. The van der Waals surface area contributed by atoms with Gasteiger partial charge in [-0.2, -0.15) is 5.26 Å². The fraction of sp³-hybridized carbons (Fsp3) is 0.273. The maximum absolute atomic E-state index is 12.9. The maximum atomic E-state index is 12.9. The summed E-state index contributed by atoms with van der Waals surface area (Å²) >= 11 is 0. The fourth-order valence-corrected chi connectivity index (χ4v) is 3.71. The number of hydrogen-bond acceptors (Lipinski definition) is 4. The van der Waals surface area contributed by atoms with Crippen LogP contribution in [0.2, 0.25) is 0 Å². The molecule has 7 nitrogen and oxygen atoms in total. The molecule has 1 aliphatic rings. The Balaban J connectivity index is 1.44. The van der Waals surface area contributed by atoms with Crippen molar-refractivity contribution < 1.29 is 9.59 Å². The summed E-state index contributed by atoms with van der Waals surface area (Å²) in [6.07, 6.45) is 1.72. The van der Waals surface area contributed by atoms with Crippen LogP contribution in [0.15, 0.2) is 48.5 Å². The second kappa shape index (κ2) is 8.15. The number of nitrogens with zero attached hydrogens (tertiary/aromatic N) is 3. The van der Waals surface area contributed by atoms with Gasteiger partial charge in [0.2, 0.25) is 5.91 Å². The third-order valence-corrected chi connectivity index (χ3v) is 5.16. The molecule has 0 radical (unpaired) electrons.